The van der Waals surface area contributed by atoms with Crippen LogP contribution in [0.5, 0.6) is 0 Å². The summed E-state index contributed by atoms with van der Waals surface area (Å²) >= 11 is 9.65. The van der Waals surface area contributed by atoms with Gasteiger partial charge in [-0.25, -0.2) is 4.39 Å². The van der Waals surface area contributed by atoms with E-state index in [1.54, 1.807) is 24.3 Å². The highest BCUT2D eigenvalue weighted by Crippen LogP contribution is 2.40. The van der Waals surface area contributed by atoms with E-state index in [4.69, 9.17) is 11.6 Å². The third-order valence-corrected chi connectivity index (χ3v) is 5.74. The molecule has 10 heteroatoms. The number of benzene rings is 3. The van der Waals surface area contributed by atoms with E-state index in [-0.39, 0.29) is 11.3 Å². The summed E-state index contributed by atoms with van der Waals surface area (Å²) in [4.78, 5) is 25.2. The van der Waals surface area contributed by atoms with Gasteiger partial charge < -0.3 is 10.6 Å². The van der Waals surface area contributed by atoms with Gasteiger partial charge in [0.05, 0.1) is 11.6 Å². The Balaban J connectivity index is 1.74. The zero-order chi connectivity index (χ0) is 23.2. The quantitative estimate of drug-likeness (QED) is 0.390. The van der Waals surface area contributed by atoms with Crippen molar-refractivity contribution >= 4 is 45.0 Å². The van der Waals surface area contributed by atoms with Crippen LogP contribution in [0, 0.1) is 5.82 Å². The lowest BCUT2D eigenvalue weighted by Crippen LogP contribution is -2.21. The molecule has 4 rings (SSSR count). The van der Waals surface area contributed by atoms with Gasteiger partial charge in [-0.05, 0) is 48.0 Å². The van der Waals surface area contributed by atoms with Crippen molar-refractivity contribution in [3.05, 3.63) is 97.7 Å². The minimum atomic E-state index is -4.81. The van der Waals surface area contributed by atoms with Gasteiger partial charge in [-0.15, -0.1) is 0 Å². The molecule has 2 amide bonds. The van der Waals surface area contributed by atoms with Crippen molar-refractivity contribution in [3.8, 4) is 0 Å². The van der Waals surface area contributed by atoms with Gasteiger partial charge in [0.15, 0.2) is 0 Å². The topological polar surface area (TPSA) is 58.2 Å². The Morgan fingerprint density at radius 2 is 1.84 bits per heavy atom. The first-order valence-corrected chi connectivity index (χ1v) is 10.3. The molecule has 1 atom stereocenters. The summed E-state index contributed by atoms with van der Waals surface area (Å²) in [5.41, 5.74) is -0.353. The molecule has 164 valence electrons. The number of fused-ring (bicyclic) bond motifs is 1. The fraction of sp³-hybridized carbons (Fsp3) is 0.0909. The number of anilines is 1. The van der Waals surface area contributed by atoms with E-state index < -0.39 is 41.0 Å². The summed E-state index contributed by atoms with van der Waals surface area (Å²) in [6.45, 7) is 0. The van der Waals surface area contributed by atoms with Crippen molar-refractivity contribution in [2.45, 2.75) is 12.2 Å². The average molecular weight is 528 g/mol. The number of amides is 2. The van der Waals surface area contributed by atoms with Crippen molar-refractivity contribution in [1.82, 2.24) is 5.32 Å². The molecule has 3 aromatic carbocycles. The molecule has 0 aliphatic carbocycles. The summed E-state index contributed by atoms with van der Waals surface area (Å²) < 4.78 is 53.5. The summed E-state index contributed by atoms with van der Waals surface area (Å²) in [5.74, 6) is -2.55. The molecule has 4 nitrogen and oxygen atoms in total. The van der Waals surface area contributed by atoms with E-state index in [1.807, 2.05) is 0 Å². The van der Waals surface area contributed by atoms with E-state index in [9.17, 15) is 27.2 Å². The predicted octanol–water partition coefficient (Wildman–Crippen LogP) is 6.35. The maximum atomic E-state index is 13.7. The van der Waals surface area contributed by atoms with Crippen molar-refractivity contribution in [2.75, 3.05) is 5.32 Å². The highest BCUT2D eigenvalue weighted by Gasteiger charge is 2.35. The number of halogens is 6. The molecule has 1 heterocycles. The van der Waals surface area contributed by atoms with Crippen LogP contribution in [-0.4, -0.2) is 11.8 Å². The summed E-state index contributed by atoms with van der Waals surface area (Å²) in [6, 6.07) is 10.5. The lowest BCUT2D eigenvalue weighted by atomic mass is 9.96. The fourth-order valence-corrected chi connectivity index (χ4v) is 4.29. The summed E-state index contributed by atoms with van der Waals surface area (Å²) in [7, 11) is 0. The van der Waals surface area contributed by atoms with E-state index in [1.165, 1.54) is 12.1 Å². The number of carbonyl (C=O) groups is 2. The lowest BCUT2D eigenvalue weighted by molar-refractivity contribution is -0.137. The Bertz CT molecular complexity index is 1260. The standard InChI is InChI=1S/C22H12BrClF4N2O2/c23-12-4-5-14(16(24)9-12)19-18-15(21(32)30-19)2-1-3-17(18)29-20(31)10-6-11(22(26,27)28)8-13(25)7-10/h1-9,19H,(H,29,31)(H,30,32). The van der Waals surface area contributed by atoms with Crippen LogP contribution in [0.1, 0.15) is 43.4 Å². The van der Waals surface area contributed by atoms with E-state index in [2.05, 4.69) is 26.6 Å². The zero-order valence-electron chi connectivity index (χ0n) is 15.9. The van der Waals surface area contributed by atoms with Crippen LogP contribution in [0.15, 0.2) is 59.1 Å². The molecule has 3 aromatic rings. The molecule has 0 spiro atoms. The second-order valence-electron chi connectivity index (χ2n) is 7.02. The van der Waals surface area contributed by atoms with E-state index in [0.29, 0.717) is 34.3 Å². The van der Waals surface area contributed by atoms with Crippen molar-refractivity contribution in [3.63, 3.8) is 0 Å². The lowest BCUT2D eigenvalue weighted by Gasteiger charge is -2.18. The van der Waals surface area contributed by atoms with Gasteiger partial charge >= 0.3 is 6.18 Å². The molecule has 0 radical (unpaired) electrons. The molecule has 0 aromatic heterocycles. The van der Waals surface area contributed by atoms with Crippen molar-refractivity contribution in [1.29, 1.82) is 0 Å². The third-order valence-electron chi connectivity index (χ3n) is 4.92. The Morgan fingerprint density at radius 1 is 1.09 bits per heavy atom. The van der Waals surface area contributed by atoms with Gasteiger partial charge in [0.25, 0.3) is 11.8 Å². The van der Waals surface area contributed by atoms with E-state index >= 15 is 0 Å². The van der Waals surface area contributed by atoms with Crippen LogP contribution in [0.4, 0.5) is 23.2 Å². The van der Waals surface area contributed by atoms with Crippen LogP contribution >= 0.6 is 27.5 Å². The van der Waals surface area contributed by atoms with Crippen molar-refractivity contribution in [2.24, 2.45) is 0 Å². The largest absolute Gasteiger partial charge is 0.416 e. The van der Waals surface area contributed by atoms with Gasteiger partial charge in [0, 0.05) is 31.9 Å². The number of carbonyl (C=O) groups excluding carboxylic acids is 2. The minimum absolute atomic E-state index is 0.188. The van der Waals surface area contributed by atoms with Gasteiger partial charge in [0.1, 0.15) is 5.82 Å². The molecule has 1 aliphatic heterocycles. The van der Waals surface area contributed by atoms with Gasteiger partial charge in [0.2, 0.25) is 0 Å². The Kier molecular flexibility index (Phi) is 5.72. The van der Waals surface area contributed by atoms with Crippen LogP contribution in [0.3, 0.4) is 0 Å². The zero-order valence-corrected chi connectivity index (χ0v) is 18.2. The highest BCUT2D eigenvalue weighted by atomic mass is 79.9. The molecule has 32 heavy (non-hydrogen) atoms. The maximum Gasteiger partial charge on any atom is 0.416 e. The average Bonchev–Trinajstić information content (AvgIpc) is 3.04. The molecule has 1 unspecified atom stereocenters. The normalized spacial score (nSPS) is 15.3. The van der Waals surface area contributed by atoms with Crippen LogP contribution in [0.2, 0.25) is 5.02 Å². The van der Waals surface area contributed by atoms with Crippen LogP contribution in [0.25, 0.3) is 0 Å². The van der Waals surface area contributed by atoms with Gasteiger partial charge in [-0.2, -0.15) is 13.2 Å². The molecule has 0 saturated carbocycles. The van der Waals surface area contributed by atoms with Crippen LogP contribution < -0.4 is 10.6 Å². The number of hydrogen-bond donors (Lipinski definition) is 2. The van der Waals surface area contributed by atoms with Gasteiger partial charge in [-0.3, -0.25) is 9.59 Å². The SMILES string of the molecule is O=C(Nc1cccc2c1C(c1ccc(Br)cc1Cl)NC2=O)c1cc(F)cc(C(F)(F)F)c1. The molecular weight excluding hydrogens is 516 g/mol. The predicted molar refractivity (Wildman–Crippen MR) is 114 cm³/mol. The second kappa shape index (κ2) is 8.22. The minimum Gasteiger partial charge on any atom is -0.341 e. The second-order valence-corrected chi connectivity index (χ2v) is 8.34. The molecular formula is C22H12BrClF4N2O2. The Labute approximate surface area is 192 Å². The first-order valence-electron chi connectivity index (χ1n) is 9.12. The number of hydrogen-bond acceptors (Lipinski definition) is 2. The third kappa shape index (κ3) is 4.22. The molecule has 0 saturated heterocycles. The van der Waals surface area contributed by atoms with Crippen LogP contribution in [-0.2, 0) is 6.18 Å². The Hall–Kier alpha value is -2.91. The summed E-state index contributed by atoms with van der Waals surface area (Å²) in [6.07, 6.45) is -4.81. The fourth-order valence-electron chi connectivity index (χ4n) is 3.51. The van der Waals surface area contributed by atoms with E-state index in [0.717, 1.165) is 4.47 Å². The summed E-state index contributed by atoms with van der Waals surface area (Å²) in [5, 5.41) is 5.65. The smallest absolute Gasteiger partial charge is 0.341 e. The number of nitrogens with one attached hydrogen (secondary N) is 2. The first kappa shape index (κ1) is 22.3. The first-order chi connectivity index (χ1) is 15.0. The number of alkyl halides is 3. The molecule has 1 aliphatic rings. The molecule has 0 bridgehead atoms. The molecule has 2 N–H and O–H groups in total. The number of rotatable bonds is 3. The molecule has 0 fully saturated rings. The Morgan fingerprint density at radius 3 is 2.53 bits per heavy atom. The van der Waals surface area contributed by atoms with Gasteiger partial charge in [-0.1, -0.05) is 39.7 Å². The highest BCUT2D eigenvalue weighted by molar-refractivity contribution is 9.10. The maximum absolute atomic E-state index is 13.7. The van der Waals surface area contributed by atoms with Crippen molar-refractivity contribution < 1.29 is 27.2 Å². The monoisotopic (exact) mass is 526 g/mol.